The molecule has 2 aromatic rings. The molecule has 0 fully saturated rings. The van der Waals surface area contributed by atoms with Crippen LogP contribution in [0.1, 0.15) is 19.4 Å². The van der Waals surface area contributed by atoms with Crippen molar-refractivity contribution in [3.63, 3.8) is 0 Å². The van der Waals surface area contributed by atoms with Crippen LogP contribution in [0.4, 0.5) is 42.1 Å². The van der Waals surface area contributed by atoms with Crippen molar-refractivity contribution in [1.29, 1.82) is 0 Å². The van der Waals surface area contributed by atoms with Crippen molar-refractivity contribution in [2.24, 2.45) is 0 Å². The molecule has 0 aliphatic carbocycles. The third-order valence-electron chi connectivity index (χ3n) is 5.30. The normalized spacial score (nSPS) is 17.3. The van der Waals surface area contributed by atoms with Crippen LogP contribution in [-0.2, 0) is 5.41 Å². The lowest BCUT2D eigenvalue weighted by Gasteiger charge is -2.27. The molecular weight excluding hydrogens is 489 g/mol. The van der Waals surface area contributed by atoms with Crippen molar-refractivity contribution in [2.75, 3.05) is 17.3 Å². The summed E-state index contributed by atoms with van der Waals surface area (Å²) in [5, 5.41) is -2.47. The molecule has 0 bridgehead atoms. The standard InChI is InChI=1S/C22H19F7N2S2/c1-19(2)15-6-4-5-7-16(15)31(3)17(19)12-18(32)30-13-8-10-14(11-9-13)33-22(28,29)20(23,24)21(25,26)27/h4-12H,1-3H3,(H,30,32)/b17-12-. The predicted molar refractivity (Wildman–Crippen MR) is 120 cm³/mol. The lowest BCUT2D eigenvalue weighted by molar-refractivity contribution is -0.330. The van der Waals surface area contributed by atoms with Gasteiger partial charge in [0.25, 0.3) is 0 Å². The van der Waals surface area contributed by atoms with Crippen LogP contribution in [0.3, 0.4) is 0 Å². The van der Waals surface area contributed by atoms with Crippen molar-refractivity contribution in [3.05, 3.63) is 65.9 Å². The Kier molecular flexibility index (Phi) is 6.53. The first kappa shape index (κ1) is 25.4. The fourth-order valence-corrected chi connectivity index (χ4v) is 4.59. The van der Waals surface area contributed by atoms with Gasteiger partial charge in [-0.05, 0) is 53.7 Å². The second kappa shape index (κ2) is 8.50. The lowest BCUT2D eigenvalue weighted by atomic mass is 9.84. The highest BCUT2D eigenvalue weighted by Gasteiger charge is 2.73. The monoisotopic (exact) mass is 508 g/mol. The quantitative estimate of drug-likeness (QED) is 0.193. The zero-order valence-electron chi connectivity index (χ0n) is 17.6. The van der Waals surface area contributed by atoms with Crippen molar-refractivity contribution in [3.8, 4) is 0 Å². The van der Waals surface area contributed by atoms with Gasteiger partial charge in [0, 0.05) is 34.4 Å². The number of thioether (sulfide) groups is 1. The number of hydrogen-bond acceptors (Lipinski definition) is 3. The largest absolute Gasteiger partial charge is 0.460 e. The van der Waals surface area contributed by atoms with Gasteiger partial charge in [0.2, 0.25) is 0 Å². The number of allylic oxidation sites excluding steroid dienone is 1. The number of nitrogens with one attached hydrogen (secondary N) is 1. The number of halogens is 7. The smallest absolute Gasteiger partial charge is 0.347 e. The van der Waals surface area contributed by atoms with Crippen LogP contribution in [0.2, 0.25) is 0 Å². The summed E-state index contributed by atoms with van der Waals surface area (Å²) < 4.78 is 90.3. The van der Waals surface area contributed by atoms with E-state index in [1.165, 1.54) is 12.1 Å². The second-order valence-corrected chi connectivity index (χ2v) is 9.56. The summed E-state index contributed by atoms with van der Waals surface area (Å²) in [6, 6.07) is 12.5. The van der Waals surface area contributed by atoms with Crippen molar-refractivity contribution >= 4 is 40.3 Å². The molecule has 0 saturated carbocycles. The van der Waals surface area contributed by atoms with Gasteiger partial charge in [-0.1, -0.05) is 44.3 Å². The molecule has 11 heteroatoms. The van der Waals surface area contributed by atoms with E-state index in [9.17, 15) is 30.7 Å². The third-order valence-corrected chi connectivity index (χ3v) is 6.54. The highest BCUT2D eigenvalue weighted by molar-refractivity contribution is 8.00. The van der Waals surface area contributed by atoms with Crippen LogP contribution < -0.4 is 10.2 Å². The maximum absolute atomic E-state index is 13.6. The van der Waals surface area contributed by atoms with Gasteiger partial charge in [-0.3, -0.25) is 0 Å². The van der Waals surface area contributed by atoms with E-state index in [0.717, 1.165) is 29.1 Å². The SMILES string of the molecule is CN1/C(=C\C(=S)Nc2ccc(SC(F)(F)C(F)(F)C(F)(F)F)cc2)C(C)(C)c2ccccc21. The average molecular weight is 509 g/mol. The molecule has 1 aliphatic heterocycles. The number of anilines is 2. The number of likely N-dealkylation sites (N-methyl/N-ethyl adjacent to an activating group) is 1. The lowest BCUT2D eigenvalue weighted by Crippen LogP contribution is -2.49. The van der Waals surface area contributed by atoms with Crippen molar-refractivity contribution in [1.82, 2.24) is 0 Å². The molecule has 0 spiro atoms. The molecule has 2 aromatic carbocycles. The fraction of sp³-hybridized carbons (Fsp3) is 0.318. The molecule has 0 aromatic heterocycles. The highest BCUT2D eigenvalue weighted by atomic mass is 32.2. The van der Waals surface area contributed by atoms with Gasteiger partial charge in [-0.2, -0.15) is 30.7 Å². The Morgan fingerprint density at radius 1 is 0.970 bits per heavy atom. The number of thiocarbonyl (C=S) groups is 1. The van der Waals surface area contributed by atoms with Crippen LogP contribution >= 0.6 is 24.0 Å². The van der Waals surface area contributed by atoms with Crippen molar-refractivity contribution in [2.45, 2.75) is 41.5 Å². The molecule has 3 rings (SSSR count). The van der Waals surface area contributed by atoms with Crippen LogP contribution in [0.15, 0.2) is 65.2 Å². The Balaban J connectivity index is 1.73. The minimum Gasteiger partial charge on any atom is -0.347 e. The Hall–Kier alpha value is -2.27. The third kappa shape index (κ3) is 4.70. The average Bonchev–Trinajstić information content (AvgIpc) is 2.89. The van der Waals surface area contributed by atoms with Gasteiger partial charge < -0.3 is 10.2 Å². The Morgan fingerprint density at radius 3 is 2.09 bits per heavy atom. The number of rotatable bonds is 5. The Bertz CT molecular complexity index is 1080. The summed E-state index contributed by atoms with van der Waals surface area (Å²) in [5.41, 5.74) is 3.12. The molecule has 178 valence electrons. The number of hydrogen-bond donors (Lipinski definition) is 1. The van der Waals surface area contributed by atoms with E-state index in [1.54, 1.807) is 6.08 Å². The van der Waals surface area contributed by atoms with Gasteiger partial charge in [-0.15, -0.1) is 0 Å². The minimum atomic E-state index is -6.37. The molecule has 1 heterocycles. The molecule has 0 atom stereocenters. The van der Waals surface area contributed by atoms with Crippen molar-refractivity contribution < 1.29 is 30.7 Å². The number of benzene rings is 2. The van der Waals surface area contributed by atoms with E-state index in [-0.39, 0.29) is 5.41 Å². The van der Waals surface area contributed by atoms with E-state index in [2.05, 4.69) is 5.32 Å². The summed E-state index contributed by atoms with van der Waals surface area (Å²) in [4.78, 5) is 1.87. The van der Waals surface area contributed by atoms with Crippen LogP contribution in [0, 0.1) is 0 Å². The number of fused-ring (bicyclic) bond motifs is 1. The summed E-state index contributed by atoms with van der Waals surface area (Å²) in [5.74, 6) is -6.17. The zero-order valence-corrected chi connectivity index (χ0v) is 19.2. The van der Waals surface area contributed by atoms with Gasteiger partial charge in [-0.25, -0.2) is 0 Å². The minimum absolute atomic E-state index is 0.312. The predicted octanol–water partition coefficient (Wildman–Crippen LogP) is 7.62. The molecule has 33 heavy (non-hydrogen) atoms. The number of para-hydroxylation sites is 1. The van der Waals surface area contributed by atoms with Crippen LogP contribution in [0.5, 0.6) is 0 Å². The topological polar surface area (TPSA) is 15.3 Å². The van der Waals surface area contributed by atoms with Gasteiger partial charge >= 0.3 is 17.4 Å². The number of alkyl halides is 7. The number of nitrogens with zero attached hydrogens (tertiary/aromatic N) is 1. The highest BCUT2D eigenvalue weighted by Crippen LogP contribution is 2.54. The Labute approximate surface area is 195 Å². The van der Waals surface area contributed by atoms with Crippen LogP contribution in [0.25, 0.3) is 0 Å². The van der Waals surface area contributed by atoms with Gasteiger partial charge in [0.1, 0.15) is 4.99 Å². The van der Waals surface area contributed by atoms with E-state index >= 15 is 0 Å². The molecule has 0 amide bonds. The van der Waals surface area contributed by atoms with Gasteiger partial charge in [0.05, 0.1) is 0 Å². The van der Waals surface area contributed by atoms with Crippen LogP contribution in [-0.4, -0.2) is 29.4 Å². The molecule has 2 nitrogen and oxygen atoms in total. The molecule has 0 unspecified atom stereocenters. The summed E-state index contributed by atoms with van der Waals surface area (Å²) in [6.45, 7) is 4.10. The van der Waals surface area contributed by atoms with E-state index < -0.39 is 34.0 Å². The first-order valence-electron chi connectivity index (χ1n) is 9.56. The van der Waals surface area contributed by atoms with Gasteiger partial charge in [0.15, 0.2) is 0 Å². The fourth-order valence-electron chi connectivity index (χ4n) is 3.54. The first-order valence-corrected chi connectivity index (χ1v) is 10.8. The zero-order chi connectivity index (χ0) is 24.8. The summed E-state index contributed by atoms with van der Waals surface area (Å²) >= 11 is 4.53. The van der Waals surface area contributed by atoms with E-state index in [4.69, 9.17) is 12.2 Å². The molecular formula is C22H19F7N2S2. The Morgan fingerprint density at radius 2 is 1.55 bits per heavy atom. The van der Waals surface area contributed by atoms with E-state index in [1.807, 2.05) is 50.1 Å². The molecule has 1 aliphatic rings. The second-order valence-electron chi connectivity index (χ2n) is 7.94. The first-order chi connectivity index (χ1) is 15.1. The summed E-state index contributed by atoms with van der Waals surface area (Å²) in [7, 11) is 1.91. The molecule has 0 radical (unpaired) electrons. The van der Waals surface area contributed by atoms with E-state index in [0.29, 0.717) is 10.7 Å². The molecule has 1 N–H and O–H groups in total. The summed E-state index contributed by atoms with van der Waals surface area (Å²) in [6.07, 6.45) is -4.61. The maximum atomic E-state index is 13.6. The maximum Gasteiger partial charge on any atom is 0.460 e. The molecule has 0 saturated heterocycles.